The van der Waals surface area contributed by atoms with Gasteiger partial charge in [-0.2, -0.15) is 0 Å². The first-order valence-corrected chi connectivity index (χ1v) is 3.24. The van der Waals surface area contributed by atoms with Crippen molar-refractivity contribution >= 4 is 7.82 Å². The normalized spacial score (nSPS) is 11.9. The van der Waals surface area contributed by atoms with Crippen LogP contribution in [0.3, 0.4) is 0 Å². The van der Waals surface area contributed by atoms with Gasteiger partial charge >= 0.3 is 7.82 Å². The number of phosphoric acid groups is 1. The van der Waals surface area contributed by atoms with E-state index in [-0.39, 0.29) is 0 Å². The Labute approximate surface area is 47.3 Å². The molecule has 50 valence electrons. The molecule has 0 saturated heterocycles. The number of nitrogens with two attached hydrogens (primary N) is 1. The molecule has 0 fully saturated rings. The van der Waals surface area contributed by atoms with Gasteiger partial charge in [0, 0.05) is 14.2 Å². The maximum Gasteiger partial charge on any atom is 0.490 e. The fraction of sp³-hybridized carbons (Fsp3) is 1.00. The van der Waals surface area contributed by atoms with Crippen LogP contribution in [0.4, 0.5) is 0 Å². The molecular formula is C2H8NO4P. The van der Waals surface area contributed by atoms with E-state index in [1.165, 1.54) is 14.2 Å². The lowest BCUT2D eigenvalue weighted by Gasteiger charge is -2.07. The molecule has 8 heavy (non-hydrogen) atoms. The van der Waals surface area contributed by atoms with E-state index < -0.39 is 7.82 Å². The topological polar surface area (TPSA) is 70.8 Å². The first-order chi connectivity index (χ1) is 3.68. The molecule has 2 N–H and O–H groups in total. The summed E-state index contributed by atoms with van der Waals surface area (Å²) in [5.41, 5.74) is 0. The van der Waals surface area contributed by atoms with E-state index in [1.54, 1.807) is 0 Å². The fourth-order valence-corrected chi connectivity index (χ4v) is 0.482. The van der Waals surface area contributed by atoms with Gasteiger partial charge in [-0.05, 0) is 0 Å². The molecule has 0 amide bonds. The first-order valence-electron chi connectivity index (χ1n) is 1.78. The summed E-state index contributed by atoms with van der Waals surface area (Å²) in [6, 6.07) is 0. The van der Waals surface area contributed by atoms with Crippen LogP contribution in [0.2, 0.25) is 0 Å². The zero-order valence-electron chi connectivity index (χ0n) is 4.66. The molecule has 0 aliphatic heterocycles. The van der Waals surface area contributed by atoms with E-state index >= 15 is 0 Å². The van der Waals surface area contributed by atoms with Gasteiger partial charge in [-0.3, -0.25) is 9.05 Å². The summed E-state index contributed by atoms with van der Waals surface area (Å²) in [5.74, 6) is 4.51. The maximum atomic E-state index is 10.5. The summed E-state index contributed by atoms with van der Waals surface area (Å²) >= 11 is 0. The van der Waals surface area contributed by atoms with E-state index in [2.05, 4.69) is 19.6 Å². The van der Waals surface area contributed by atoms with E-state index in [0.29, 0.717) is 0 Å². The maximum absolute atomic E-state index is 10.5. The van der Waals surface area contributed by atoms with Crippen molar-refractivity contribution in [2.75, 3.05) is 14.2 Å². The third kappa shape index (κ3) is 1.90. The molecular weight excluding hydrogens is 133 g/mol. The molecule has 0 aliphatic carbocycles. The Balaban J connectivity index is 3.79. The van der Waals surface area contributed by atoms with Crippen molar-refractivity contribution in [3.05, 3.63) is 0 Å². The lowest BCUT2D eigenvalue weighted by atomic mass is 11.8. The third-order valence-electron chi connectivity index (χ3n) is 0.576. The lowest BCUT2D eigenvalue weighted by molar-refractivity contribution is 0.154. The predicted molar refractivity (Wildman–Crippen MR) is 26.9 cm³/mol. The molecule has 0 aliphatic rings. The second-order valence-electron chi connectivity index (χ2n) is 0.918. The molecule has 0 unspecified atom stereocenters. The van der Waals surface area contributed by atoms with E-state index in [4.69, 9.17) is 0 Å². The highest BCUT2D eigenvalue weighted by Gasteiger charge is 2.20. The van der Waals surface area contributed by atoms with Crippen molar-refractivity contribution < 1.29 is 18.2 Å². The molecule has 0 heterocycles. The van der Waals surface area contributed by atoms with E-state index in [1.807, 2.05) is 0 Å². The Kier molecular flexibility index (Phi) is 3.19. The number of phosphoric ester groups is 1. The zero-order chi connectivity index (χ0) is 6.62. The molecule has 0 spiro atoms. The van der Waals surface area contributed by atoms with Crippen molar-refractivity contribution in [3.8, 4) is 0 Å². The van der Waals surface area contributed by atoms with Gasteiger partial charge in [0.05, 0.1) is 0 Å². The zero-order valence-corrected chi connectivity index (χ0v) is 5.55. The highest BCUT2D eigenvalue weighted by atomic mass is 31.2. The number of hydrogen-bond donors (Lipinski definition) is 1. The van der Waals surface area contributed by atoms with Crippen molar-refractivity contribution in [2.45, 2.75) is 0 Å². The van der Waals surface area contributed by atoms with E-state index in [0.717, 1.165) is 0 Å². The second kappa shape index (κ2) is 3.17. The van der Waals surface area contributed by atoms with Gasteiger partial charge in [-0.1, -0.05) is 0 Å². The lowest BCUT2D eigenvalue weighted by Crippen LogP contribution is -1.99. The highest BCUT2D eigenvalue weighted by molar-refractivity contribution is 7.48. The average Bonchev–Trinajstić information content (AvgIpc) is 1.87. The highest BCUT2D eigenvalue weighted by Crippen LogP contribution is 2.45. The van der Waals surface area contributed by atoms with Crippen LogP contribution >= 0.6 is 7.82 Å². The summed E-state index contributed by atoms with van der Waals surface area (Å²) in [4.78, 5) is 0. The largest absolute Gasteiger partial charge is 0.490 e. The number of rotatable bonds is 3. The van der Waals surface area contributed by atoms with Crippen LogP contribution in [-0.4, -0.2) is 14.2 Å². The van der Waals surface area contributed by atoms with Gasteiger partial charge in [0.15, 0.2) is 0 Å². The second-order valence-corrected chi connectivity index (χ2v) is 2.75. The fourth-order valence-electron chi connectivity index (χ4n) is 0.161. The Morgan fingerprint density at radius 1 is 1.38 bits per heavy atom. The standard InChI is InChI=1S/C2H8NO4P/c1-5-8(4,6-2)7-3/h3H2,1-2H3. The minimum Gasteiger partial charge on any atom is -0.289 e. The van der Waals surface area contributed by atoms with Crippen LogP contribution in [0.15, 0.2) is 0 Å². The molecule has 5 nitrogen and oxygen atoms in total. The van der Waals surface area contributed by atoms with Crippen LogP contribution in [0.25, 0.3) is 0 Å². The van der Waals surface area contributed by atoms with Crippen LogP contribution in [0.5, 0.6) is 0 Å². The minimum absolute atomic E-state index is 1.18. The molecule has 6 heteroatoms. The van der Waals surface area contributed by atoms with Crippen molar-refractivity contribution in [1.82, 2.24) is 0 Å². The van der Waals surface area contributed by atoms with Crippen LogP contribution in [-0.2, 0) is 18.2 Å². The van der Waals surface area contributed by atoms with Gasteiger partial charge in [-0.25, -0.2) is 15.1 Å². The SMILES string of the molecule is COP(=O)(OC)ON. The van der Waals surface area contributed by atoms with Gasteiger partial charge < -0.3 is 0 Å². The van der Waals surface area contributed by atoms with Crippen molar-refractivity contribution in [3.63, 3.8) is 0 Å². The first kappa shape index (κ1) is 8.07. The van der Waals surface area contributed by atoms with Gasteiger partial charge in [0.25, 0.3) is 0 Å². The molecule has 0 aromatic heterocycles. The number of hydrogen-bond acceptors (Lipinski definition) is 5. The molecule has 0 atom stereocenters. The minimum atomic E-state index is -3.38. The Bertz CT molecular complexity index is 85.2. The van der Waals surface area contributed by atoms with Gasteiger partial charge in [0.2, 0.25) is 0 Å². The summed E-state index contributed by atoms with van der Waals surface area (Å²) in [6.07, 6.45) is 0. The van der Waals surface area contributed by atoms with Crippen LogP contribution in [0.1, 0.15) is 0 Å². The smallest absolute Gasteiger partial charge is 0.289 e. The Morgan fingerprint density at radius 3 is 1.75 bits per heavy atom. The summed E-state index contributed by atoms with van der Waals surface area (Å²) in [5, 5.41) is 0. The van der Waals surface area contributed by atoms with Crippen molar-refractivity contribution in [1.29, 1.82) is 0 Å². The molecule has 0 aromatic carbocycles. The van der Waals surface area contributed by atoms with Gasteiger partial charge in [0.1, 0.15) is 0 Å². The Morgan fingerprint density at radius 2 is 1.75 bits per heavy atom. The predicted octanol–water partition coefficient (Wildman–Crippen LogP) is 0.278. The summed E-state index contributed by atoms with van der Waals surface area (Å²) in [7, 11) is -1.03. The molecule has 0 aromatic rings. The Hall–Kier alpha value is 0.0700. The summed E-state index contributed by atoms with van der Waals surface area (Å²) in [6.45, 7) is 0. The monoisotopic (exact) mass is 141 g/mol. The molecule has 0 bridgehead atoms. The quantitative estimate of drug-likeness (QED) is 0.451. The van der Waals surface area contributed by atoms with Crippen LogP contribution < -0.4 is 5.90 Å². The summed E-state index contributed by atoms with van der Waals surface area (Å²) < 4.78 is 22.8. The van der Waals surface area contributed by atoms with Gasteiger partial charge in [-0.15, -0.1) is 0 Å². The van der Waals surface area contributed by atoms with Crippen LogP contribution in [0, 0.1) is 0 Å². The molecule has 0 radical (unpaired) electrons. The average molecular weight is 141 g/mol. The van der Waals surface area contributed by atoms with E-state index in [9.17, 15) is 4.57 Å². The third-order valence-corrected chi connectivity index (χ3v) is 1.73. The molecule has 0 saturated carbocycles. The molecule has 0 rings (SSSR count). The van der Waals surface area contributed by atoms with Crippen molar-refractivity contribution in [2.24, 2.45) is 5.90 Å².